The highest BCUT2D eigenvalue weighted by Gasteiger charge is 2.10. The van der Waals surface area contributed by atoms with Gasteiger partial charge in [-0.2, -0.15) is 11.1 Å². The SMILES string of the molecule is CN(C)CCC1NNNN1. The van der Waals surface area contributed by atoms with Gasteiger partial charge in [0, 0.05) is 6.54 Å². The molecule has 0 spiro atoms. The normalized spacial score (nSPS) is 20.7. The van der Waals surface area contributed by atoms with E-state index in [1.54, 1.807) is 0 Å². The highest BCUT2D eigenvalue weighted by atomic mass is 15.8. The predicted octanol–water partition coefficient (Wildman–Crippen LogP) is -1.62. The van der Waals surface area contributed by atoms with Gasteiger partial charge < -0.3 is 4.90 Å². The van der Waals surface area contributed by atoms with Gasteiger partial charge in [-0.25, -0.2) is 10.9 Å². The minimum absolute atomic E-state index is 0.336. The predicted molar refractivity (Wildman–Crippen MR) is 39.5 cm³/mol. The summed E-state index contributed by atoms with van der Waals surface area (Å²) in [5, 5.41) is 0. The third-order valence-corrected chi connectivity index (χ3v) is 1.42. The molecule has 0 aromatic heterocycles. The lowest BCUT2D eigenvalue weighted by Gasteiger charge is -2.12. The monoisotopic (exact) mass is 145 g/mol. The molecule has 0 unspecified atom stereocenters. The topological polar surface area (TPSA) is 51.4 Å². The van der Waals surface area contributed by atoms with Gasteiger partial charge in [0.2, 0.25) is 0 Å². The van der Waals surface area contributed by atoms with Crippen LogP contribution in [0.25, 0.3) is 0 Å². The number of hydrogen-bond acceptors (Lipinski definition) is 5. The molecule has 0 bridgehead atoms. The van der Waals surface area contributed by atoms with E-state index in [0.29, 0.717) is 6.17 Å². The van der Waals surface area contributed by atoms with Crippen molar-refractivity contribution in [3.8, 4) is 0 Å². The molecule has 0 aromatic carbocycles. The van der Waals surface area contributed by atoms with Crippen LogP contribution in [0.5, 0.6) is 0 Å². The Balaban J connectivity index is 2.01. The Labute approximate surface area is 61.1 Å². The molecule has 4 N–H and O–H groups in total. The lowest BCUT2D eigenvalue weighted by Crippen LogP contribution is -2.36. The van der Waals surface area contributed by atoms with Crippen molar-refractivity contribution < 1.29 is 0 Å². The zero-order valence-electron chi connectivity index (χ0n) is 6.44. The molecule has 0 radical (unpaired) electrons. The number of hydrazine groups is 3. The summed E-state index contributed by atoms with van der Waals surface area (Å²) in [7, 11) is 4.13. The lowest BCUT2D eigenvalue weighted by atomic mass is 10.3. The van der Waals surface area contributed by atoms with E-state index in [0.717, 1.165) is 13.0 Å². The summed E-state index contributed by atoms with van der Waals surface area (Å²) in [5.41, 5.74) is 11.6. The van der Waals surface area contributed by atoms with Crippen molar-refractivity contribution in [2.75, 3.05) is 20.6 Å². The van der Waals surface area contributed by atoms with Crippen molar-refractivity contribution in [2.24, 2.45) is 0 Å². The van der Waals surface area contributed by atoms with Crippen LogP contribution in [0, 0.1) is 0 Å². The van der Waals surface area contributed by atoms with Crippen molar-refractivity contribution >= 4 is 0 Å². The van der Waals surface area contributed by atoms with Gasteiger partial charge in [0.1, 0.15) is 0 Å². The Hall–Kier alpha value is -0.200. The van der Waals surface area contributed by atoms with Crippen molar-refractivity contribution in [2.45, 2.75) is 12.6 Å². The van der Waals surface area contributed by atoms with E-state index in [4.69, 9.17) is 0 Å². The average Bonchev–Trinajstić information content (AvgIpc) is 2.34. The van der Waals surface area contributed by atoms with Crippen LogP contribution in [0.2, 0.25) is 0 Å². The Morgan fingerprint density at radius 2 is 1.80 bits per heavy atom. The highest BCUT2D eigenvalue weighted by Crippen LogP contribution is 1.88. The van der Waals surface area contributed by atoms with Crippen molar-refractivity contribution in [1.82, 2.24) is 26.8 Å². The summed E-state index contributed by atoms with van der Waals surface area (Å²) >= 11 is 0. The van der Waals surface area contributed by atoms with Crippen LogP contribution in [-0.4, -0.2) is 31.7 Å². The second-order valence-electron chi connectivity index (χ2n) is 2.68. The highest BCUT2D eigenvalue weighted by molar-refractivity contribution is 4.62. The summed E-state index contributed by atoms with van der Waals surface area (Å²) in [5.74, 6) is 0. The van der Waals surface area contributed by atoms with Crippen molar-refractivity contribution in [3.63, 3.8) is 0 Å². The summed E-state index contributed by atoms with van der Waals surface area (Å²) < 4.78 is 0. The molecule has 10 heavy (non-hydrogen) atoms. The summed E-state index contributed by atoms with van der Waals surface area (Å²) in [6.07, 6.45) is 1.41. The zero-order valence-corrected chi connectivity index (χ0v) is 6.44. The summed E-state index contributed by atoms with van der Waals surface area (Å²) in [6, 6.07) is 0. The Morgan fingerprint density at radius 1 is 1.20 bits per heavy atom. The van der Waals surface area contributed by atoms with Crippen LogP contribution < -0.4 is 21.9 Å². The third kappa shape index (κ3) is 2.59. The molecular weight excluding hydrogens is 130 g/mol. The molecule has 1 saturated heterocycles. The maximum Gasteiger partial charge on any atom is 0.0871 e. The Bertz CT molecular complexity index is 88.0. The minimum Gasteiger partial charge on any atom is -0.309 e. The fraction of sp³-hybridized carbons (Fsp3) is 1.00. The minimum atomic E-state index is 0.336. The number of hydrogen-bond donors (Lipinski definition) is 4. The van der Waals surface area contributed by atoms with Crippen LogP contribution in [0.4, 0.5) is 0 Å². The molecule has 0 atom stereocenters. The second-order valence-corrected chi connectivity index (χ2v) is 2.68. The molecule has 0 aliphatic carbocycles. The van der Waals surface area contributed by atoms with Gasteiger partial charge >= 0.3 is 0 Å². The van der Waals surface area contributed by atoms with Gasteiger partial charge in [-0.05, 0) is 20.5 Å². The van der Waals surface area contributed by atoms with E-state index < -0.39 is 0 Å². The largest absolute Gasteiger partial charge is 0.309 e. The number of nitrogens with zero attached hydrogens (tertiary/aromatic N) is 1. The molecule has 1 rings (SSSR count). The first kappa shape index (κ1) is 7.90. The van der Waals surface area contributed by atoms with Crippen LogP contribution >= 0.6 is 0 Å². The van der Waals surface area contributed by atoms with E-state index in [2.05, 4.69) is 40.9 Å². The molecular formula is C5H15N5. The Morgan fingerprint density at radius 3 is 2.30 bits per heavy atom. The van der Waals surface area contributed by atoms with Crippen LogP contribution in [0.15, 0.2) is 0 Å². The summed E-state index contributed by atoms with van der Waals surface area (Å²) in [4.78, 5) is 2.15. The van der Waals surface area contributed by atoms with Crippen LogP contribution in [-0.2, 0) is 0 Å². The fourth-order valence-corrected chi connectivity index (χ4v) is 0.814. The van der Waals surface area contributed by atoms with E-state index in [9.17, 15) is 0 Å². The smallest absolute Gasteiger partial charge is 0.0871 e. The standard InChI is InChI=1S/C5H15N5/c1-10(2)4-3-5-6-8-9-7-5/h5-9H,3-4H2,1-2H3. The zero-order chi connectivity index (χ0) is 7.40. The second kappa shape index (κ2) is 3.85. The van der Waals surface area contributed by atoms with Crippen LogP contribution in [0.3, 0.4) is 0 Å². The van der Waals surface area contributed by atoms with E-state index in [1.165, 1.54) is 0 Å². The molecule has 0 amide bonds. The molecule has 1 aliphatic rings. The Kier molecular flexibility index (Phi) is 3.04. The maximum atomic E-state index is 3.01. The van der Waals surface area contributed by atoms with E-state index in [1.807, 2.05) is 0 Å². The first-order chi connectivity index (χ1) is 4.79. The molecule has 1 heterocycles. The van der Waals surface area contributed by atoms with Crippen molar-refractivity contribution in [3.05, 3.63) is 0 Å². The first-order valence-corrected chi connectivity index (χ1v) is 3.45. The molecule has 5 nitrogen and oxygen atoms in total. The maximum absolute atomic E-state index is 3.01. The molecule has 1 aliphatic heterocycles. The molecule has 60 valence electrons. The molecule has 0 aromatic rings. The molecule has 1 fully saturated rings. The van der Waals surface area contributed by atoms with E-state index >= 15 is 0 Å². The van der Waals surface area contributed by atoms with Crippen molar-refractivity contribution in [1.29, 1.82) is 0 Å². The number of rotatable bonds is 3. The summed E-state index contributed by atoms with van der Waals surface area (Å²) in [6.45, 7) is 1.08. The average molecular weight is 145 g/mol. The van der Waals surface area contributed by atoms with Gasteiger partial charge in [0.05, 0.1) is 6.17 Å². The molecule has 0 saturated carbocycles. The number of nitrogens with one attached hydrogen (secondary N) is 4. The third-order valence-electron chi connectivity index (χ3n) is 1.42. The van der Waals surface area contributed by atoms with Gasteiger partial charge in [-0.15, -0.1) is 0 Å². The van der Waals surface area contributed by atoms with Gasteiger partial charge in [-0.3, -0.25) is 0 Å². The van der Waals surface area contributed by atoms with Gasteiger partial charge in [0.15, 0.2) is 0 Å². The van der Waals surface area contributed by atoms with Gasteiger partial charge in [-0.1, -0.05) is 0 Å². The first-order valence-electron chi connectivity index (χ1n) is 3.45. The quantitative estimate of drug-likeness (QED) is 0.385. The van der Waals surface area contributed by atoms with E-state index in [-0.39, 0.29) is 0 Å². The fourth-order valence-electron chi connectivity index (χ4n) is 0.814. The van der Waals surface area contributed by atoms with Crippen LogP contribution in [0.1, 0.15) is 6.42 Å². The lowest BCUT2D eigenvalue weighted by molar-refractivity contribution is 0.355. The van der Waals surface area contributed by atoms with Gasteiger partial charge in [0.25, 0.3) is 0 Å². The molecule has 5 heteroatoms.